The van der Waals surface area contributed by atoms with Gasteiger partial charge in [0.25, 0.3) is 0 Å². The quantitative estimate of drug-likeness (QED) is 0.889. The molecule has 0 radical (unpaired) electrons. The normalized spacial score (nSPS) is 24.1. The number of aliphatic hydroxyl groups is 1. The summed E-state index contributed by atoms with van der Waals surface area (Å²) < 4.78 is 5.29. The largest absolute Gasteiger partial charge is 0.390 e. The van der Waals surface area contributed by atoms with Crippen LogP contribution in [0, 0.1) is 12.8 Å². The van der Waals surface area contributed by atoms with Crippen LogP contribution in [0.1, 0.15) is 50.2 Å². The maximum absolute atomic E-state index is 10.4. The third-order valence-corrected chi connectivity index (χ3v) is 5.29. The van der Waals surface area contributed by atoms with Gasteiger partial charge in [-0.15, -0.1) is 0 Å². The van der Waals surface area contributed by atoms with E-state index in [4.69, 9.17) is 4.52 Å². The first-order valence-electron chi connectivity index (χ1n) is 9.03. The Bertz CT molecular complexity index is 477. The number of aromatic nitrogens is 2. The van der Waals surface area contributed by atoms with E-state index in [1.54, 1.807) is 0 Å². The summed E-state index contributed by atoms with van der Waals surface area (Å²) in [7, 11) is 0. The molecule has 0 spiro atoms. The van der Waals surface area contributed by atoms with Crippen molar-refractivity contribution in [3.8, 4) is 0 Å². The Labute approximate surface area is 138 Å². The maximum Gasteiger partial charge on any atom is 0.229 e. The first-order valence-corrected chi connectivity index (χ1v) is 9.03. The van der Waals surface area contributed by atoms with E-state index in [2.05, 4.69) is 26.9 Å². The molecule has 0 aromatic carbocycles. The minimum absolute atomic E-state index is 0.245. The number of aliphatic hydroxyl groups excluding tert-OH is 1. The molecule has 3 rings (SSSR count). The van der Waals surface area contributed by atoms with Crippen molar-refractivity contribution in [2.24, 2.45) is 5.92 Å². The van der Waals surface area contributed by atoms with E-state index in [0.29, 0.717) is 11.7 Å². The maximum atomic E-state index is 10.4. The van der Waals surface area contributed by atoms with E-state index in [0.717, 1.165) is 63.9 Å². The zero-order valence-corrected chi connectivity index (χ0v) is 14.4. The third-order valence-electron chi connectivity index (χ3n) is 5.29. The molecular weight excluding hydrogens is 292 g/mol. The molecule has 3 heterocycles. The van der Waals surface area contributed by atoms with Crippen molar-refractivity contribution < 1.29 is 9.63 Å². The van der Waals surface area contributed by atoms with Crippen LogP contribution < -0.4 is 0 Å². The van der Waals surface area contributed by atoms with Gasteiger partial charge in [-0.3, -0.25) is 0 Å². The molecule has 2 fully saturated rings. The van der Waals surface area contributed by atoms with E-state index in [9.17, 15) is 5.11 Å². The van der Waals surface area contributed by atoms with Crippen molar-refractivity contribution in [3.63, 3.8) is 0 Å². The molecule has 2 saturated heterocycles. The van der Waals surface area contributed by atoms with Crippen LogP contribution in [0.5, 0.6) is 0 Å². The van der Waals surface area contributed by atoms with Crippen molar-refractivity contribution >= 4 is 0 Å². The minimum Gasteiger partial charge on any atom is -0.390 e. The van der Waals surface area contributed by atoms with Gasteiger partial charge in [-0.2, -0.15) is 4.98 Å². The summed E-state index contributed by atoms with van der Waals surface area (Å²) in [4.78, 5) is 9.14. The molecule has 23 heavy (non-hydrogen) atoms. The number of hydrogen-bond acceptors (Lipinski definition) is 6. The molecule has 6 nitrogen and oxygen atoms in total. The second kappa shape index (κ2) is 7.73. The van der Waals surface area contributed by atoms with Gasteiger partial charge in [0.05, 0.1) is 6.10 Å². The first kappa shape index (κ1) is 16.9. The Hall–Kier alpha value is -0.980. The van der Waals surface area contributed by atoms with Gasteiger partial charge in [-0.1, -0.05) is 12.1 Å². The van der Waals surface area contributed by atoms with Crippen molar-refractivity contribution in [1.29, 1.82) is 0 Å². The molecule has 1 N–H and O–H groups in total. The standard InChI is InChI=1S/C17H30N4O2/c1-13-3-7-20(8-4-13)11-16(22)12-21-9-5-15(6-10-21)17-18-14(2)19-23-17/h13,15-16,22H,3-12H2,1-2H3. The zero-order chi connectivity index (χ0) is 16.2. The summed E-state index contributed by atoms with van der Waals surface area (Å²) in [5.74, 6) is 2.72. The van der Waals surface area contributed by atoms with Crippen LogP contribution >= 0.6 is 0 Å². The average Bonchev–Trinajstić information content (AvgIpc) is 2.97. The number of aryl methyl sites for hydroxylation is 1. The Kier molecular flexibility index (Phi) is 5.67. The van der Waals surface area contributed by atoms with Crippen LogP contribution in [-0.2, 0) is 0 Å². The van der Waals surface area contributed by atoms with Crippen LogP contribution in [0.25, 0.3) is 0 Å². The van der Waals surface area contributed by atoms with Crippen LogP contribution in [-0.4, -0.2) is 70.4 Å². The fourth-order valence-electron chi connectivity index (χ4n) is 3.74. The van der Waals surface area contributed by atoms with Gasteiger partial charge in [0.1, 0.15) is 0 Å². The lowest BCUT2D eigenvalue weighted by Crippen LogP contribution is -2.44. The van der Waals surface area contributed by atoms with Gasteiger partial charge in [-0.25, -0.2) is 0 Å². The molecule has 6 heteroatoms. The summed E-state index contributed by atoms with van der Waals surface area (Å²) in [6.07, 6.45) is 4.36. The number of piperidine rings is 2. The second-order valence-electron chi connectivity index (χ2n) is 7.39. The fourth-order valence-corrected chi connectivity index (χ4v) is 3.74. The van der Waals surface area contributed by atoms with E-state index >= 15 is 0 Å². The Morgan fingerprint density at radius 1 is 1.09 bits per heavy atom. The highest BCUT2D eigenvalue weighted by Crippen LogP contribution is 2.26. The molecular formula is C17H30N4O2. The summed E-state index contributed by atoms with van der Waals surface area (Å²) in [6, 6.07) is 0. The average molecular weight is 322 g/mol. The number of β-amino-alcohol motifs (C(OH)–C–C–N with tert-alkyl or cyclic N) is 1. The van der Waals surface area contributed by atoms with Gasteiger partial charge >= 0.3 is 0 Å². The summed E-state index contributed by atoms with van der Waals surface area (Å²) in [5, 5.41) is 14.3. The Morgan fingerprint density at radius 3 is 2.17 bits per heavy atom. The van der Waals surface area contributed by atoms with Crippen LogP contribution in [0.3, 0.4) is 0 Å². The highest BCUT2D eigenvalue weighted by Gasteiger charge is 2.26. The highest BCUT2D eigenvalue weighted by atomic mass is 16.5. The topological polar surface area (TPSA) is 65.6 Å². The van der Waals surface area contributed by atoms with Crippen molar-refractivity contribution in [2.75, 3.05) is 39.3 Å². The zero-order valence-electron chi connectivity index (χ0n) is 14.4. The second-order valence-corrected chi connectivity index (χ2v) is 7.39. The molecule has 0 saturated carbocycles. The van der Waals surface area contributed by atoms with Gasteiger partial charge in [0, 0.05) is 19.0 Å². The highest BCUT2D eigenvalue weighted by molar-refractivity contribution is 4.95. The smallest absolute Gasteiger partial charge is 0.229 e. The molecule has 1 aromatic rings. The molecule has 2 aliphatic heterocycles. The lowest BCUT2D eigenvalue weighted by atomic mass is 9.96. The predicted molar refractivity (Wildman–Crippen MR) is 88.3 cm³/mol. The molecule has 0 bridgehead atoms. The first-order chi connectivity index (χ1) is 11.1. The summed E-state index contributed by atoms with van der Waals surface area (Å²) >= 11 is 0. The molecule has 1 aromatic heterocycles. The summed E-state index contributed by atoms with van der Waals surface area (Å²) in [6.45, 7) is 10.0. The molecule has 1 unspecified atom stereocenters. The minimum atomic E-state index is -0.245. The number of hydrogen-bond donors (Lipinski definition) is 1. The number of nitrogens with zero attached hydrogens (tertiary/aromatic N) is 4. The number of likely N-dealkylation sites (tertiary alicyclic amines) is 2. The SMILES string of the molecule is Cc1noc(C2CCN(CC(O)CN3CCC(C)CC3)CC2)n1. The third kappa shape index (κ3) is 4.75. The lowest BCUT2D eigenvalue weighted by Gasteiger charge is -2.35. The predicted octanol–water partition coefficient (Wildman–Crippen LogP) is 1.65. The van der Waals surface area contributed by atoms with Crippen LogP contribution in [0.2, 0.25) is 0 Å². The number of rotatable bonds is 5. The monoisotopic (exact) mass is 322 g/mol. The van der Waals surface area contributed by atoms with E-state index in [-0.39, 0.29) is 6.10 Å². The van der Waals surface area contributed by atoms with Crippen LogP contribution in [0.15, 0.2) is 4.52 Å². The van der Waals surface area contributed by atoms with E-state index < -0.39 is 0 Å². The van der Waals surface area contributed by atoms with Crippen LogP contribution in [0.4, 0.5) is 0 Å². The molecule has 0 amide bonds. The molecule has 1 atom stereocenters. The van der Waals surface area contributed by atoms with Gasteiger partial charge in [0.2, 0.25) is 5.89 Å². The Morgan fingerprint density at radius 2 is 1.65 bits per heavy atom. The van der Waals surface area contributed by atoms with E-state index in [1.807, 2.05) is 6.92 Å². The van der Waals surface area contributed by atoms with E-state index in [1.165, 1.54) is 12.8 Å². The van der Waals surface area contributed by atoms with Gasteiger partial charge in [-0.05, 0) is 64.7 Å². The van der Waals surface area contributed by atoms with Gasteiger partial charge in [0.15, 0.2) is 5.82 Å². The molecule has 0 aliphatic carbocycles. The fraction of sp³-hybridized carbons (Fsp3) is 0.882. The van der Waals surface area contributed by atoms with Crippen molar-refractivity contribution in [2.45, 2.75) is 51.6 Å². The Balaban J connectivity index is 1.38. The van der Waals surface area contributed by atoms with Crippen molar-refractivity contribution in [3.05, 3.63) is 11.7 Å². The molecule has 130 valence electrons. The van der Waals surface area contributed by atoms with Crippen molar-refractivity contribution in [1.82, 2.24) is 19.9 Å². The summed E-state index contributed by atoms with van der Waals surface area (Å²) in [5.41, 5.74) is 0. The lowest BCUT2D eigenvalue weighted by molar-refractivity contribution is 0.0528. The van der Waals surface area contributed by atoms with Gasteiger partial charge < -0.3 is 19.4 Å². The molecule has 2 aliphatic rings.